The lowest BCUT2D eigenvalue weighted by Gasteiger charge is -2.29. The number of ether oxygens (including phenoxy) is 2. The second-order valence-corrected chi connectivity index (χ2v) is 7.95. The number of fused-ring (bicyclic) bond motifs is 1. The average molecular weight is 370 g/mol. The number of rotatable bonds is 2. The number of aromatic nitrogens is 1. The van der Waals surface area contributed by atoms with Gasteiger partial charge in [0.05, 0.1) is 29.1 Å². The Morgan fingerprint density at radius 2 is 2.08 bits per heavy atom. The highest BCUT2D eigenvalue weighted by atomic mass is 35.5. The summed E-state index contributed by atoms with van der Waals surface area (Å²) >= 11 is 7.63. The van der Waals surface area contributed by atoms with Crippen LogP contribution in [0.15, 0.2) is 12.1 Å². The molecule has 0 bridgehead atoms. The summed E-state index contributed by atoms with van der Waals surface area (Å²) in [4.78, 5) is 18.5. The van der Waals surface area contributed by atoms with Gasteiger partial charge in [0.2, 0.25) is 0 Å². The molecule has 130 valence electrons. The van der Waals surface area contributed by atoms with E-state index in [1.165, 1.54) is 11.3 Å². The van der Waals surface area contributed by atoms with Crippen molar-refractivity contribution in [2.75, 3.05) is 36.5 Å². The number of nitrogens with one attached hydrogen (secondary N) is 1. The van der Waals surface area contributed by atoms with Crippen molar-refractivity contribution >= 4 is 49.9 Å². The lowest BCUT2D eigenvalue weighted by molar-refractivity contribution is 0.0636. The van der Waals surface area contributed by atoms with Crippen molar-refractivity contribution in [3.63, 3.8) is 0 Å². The number of morpholine rings is 1. The fourth-order valence-corrected chi connectivity index (χ4v) is 3.70. The van der Waals surface area contributed by atoms with Crippen molar-refractivity contribution in [2.24, 2.45) is 0 Å². The summed E-state index contributed by atoms with van der Waals surface area (Å²) in [5, 5.41) is 3.89. The fourth-order valence-electron chi connectivity index (χ4n) is 2.48. The van der Waals surface area contributed by atoms with E-state index in [0.29, 0.717) is 23.4 Å². The summed E-state index contributed by atoms with van der Waals surface area (Å²) in [6.45, 7) is 8.48. The van der Waals surface area contributed by atoms with Crippen LogP contribution in [-0.2, 0) is 9.47 Å². The van der Waals surface area contributed by atoms with Gasteiger partial charge in [0.1, 0.15) is 15.8 Å². The van der Waals surface area contributed by atoms with Gasteiger partial charge in [-0.1, -0.05) is 11.6 Å². The van der Waals surface area contributed by atoms with Crippen LogP contribution in [0.3, 0.4) is 0 Å². The third kappa shape index (κ3) is 4.09. The van der Waals surface area contributed by atoms with Gasteiger partial charge in [-0.15, -0.1) is 11.3 Å². The number of nitrogens with zero attached hydrogens (tertiary/aromatic N) is 2. The zero-order chi connectivity index (χ0) is 17.3. The van der Waals surface area contributed by atoms with E-state index in [1.807, 2.05) is 32.9 Å². The lowest BCUT2D eigenvalue weighted by Crippen LogP contribution is -2.36. The summed E-state index contributed by atoms with van der Waals surface area (Å²) in [7, 11) is 0. The third-order valence-electron chi connectivity index (χ3n) is 3.40. The molecule has 0 unspecified atom stereocenters. The number of amides is 1. The highest BCUT2D eigenvalue weighted by molar-refractivity contribution is 7.23. The van der Waals surface area contributed by atoms with Gasteiger partial charge in [-0.3, -0.25) is 5.32 Å². The van der Waals surface area contributed by atoms with E-state index in [1.54, 1.807) is 0 Å². The van der Waals surface area contributed by atoms with Crippen LogP contribution in [0.1, 0.15) is 20.8 Å². The van der Waals surface area contributed by atoms with Gasteiger partial charge in [0, 0.05) is 19.2 Å². The molecule has 1 aliphatic heterocycles. The maximum atomic E-state index is 12.0. The number of carbonyl (C=O) groups is 1. The molecule has 0 spiro atoms. The number of thiophene rings is 1. The smallest absolute Gasteiger partial charge is 0.412 e. The van der Waals surface area contributed by atoms with E-state index in [4.69, 9.17) is 21.1 Å². The first-order chi connectivity index (χ1) is 11.3. The topological polar surface area (TPSA) is 63.7 Å². The molecule has 3 rings (SSSR count). The zero-order valence-electron chi connectivity index (χ0n) is 13.9. The Bertz CT molecular complexity index is 751. The van der Waals surface area contributed by atoms with Crippen LogP contribution in [-0.4, -0.2) is 43.0 Å². The van der Waals surface area contributed by atoms with E-state index in [2.05, 4.69) is 15.2 Å². The number of anilines is 2. The van der Waals surface area contributed by atoms with Crippen LogP contribution >= 0.6 is 22.9 Å². The van der Waals surface area contributed by atoms with E-state index >= 15 is 0 Å². The van der Waals surface area contributed by atoms with Crippen LogP contribution in [0.25, 0.3) is 10.2 Å². The van der Waals surface area contributed by atoms with E-state index in [0.717, 1.165) is 29.0 Å². The largest absolute Gasteiger partial charge is 0.444 e. The molecule has 24 heavy (non-hydrogen) atoms. The summed E-state index contributed by atoms with van der Waals surface area (Å²) < 4.78 is 11.7. The van der Waals surface area contributed by atoms with Crippen molar-refractivity contribution in [1.29, 1.82) is 0 Å². The molecule has 2 aromatic rings. The number of hydrogen-bond acceptors (Lipinski definition) is 6. The Labute approximate surface area is 149 Å². The van der Waals surface area contributed by atoms with Gasteiger partial charge in [0.25, 0.3) is 0 Å². The maximum absolute atomic E-state index is 12.0. The Morgan fingerprint density at radius 1 is 1.38 bits per heavy atom. The van der Waals surface area contributed by atoms with Crippen molar-refractivity contribution in [3.05, 3.63) is 17.3 Å². The highest BCUT2D eigenvalue weighted by Crippen LogP contribution is 2.38. The third-order valence-corrected chi connectivity index (χ3v) is 4.66. The summed E-state index contributed by atoms with van der Waals surface area (Å²) in [5.74, 6) is 0. The Balaban J connectivity index is 1.88. The predicted octanol–water partition coefficient (Wildman–Crippen LogP) is 4.13. The standard InChI is InChI=1S/C16H20ClN3O3S/c1-16(2,3)23-15(21)19-13-8-10-14(24-13)11(9-12(17)18-10)20-4-6-22-7-5-20/h8-9H,4-7H2,1-3H3,(H,19,21). The first kappa shape index (κ1) is 17.3. The van der Waals surface area contributed by atoms with E-state index < -0.39 is 11.7 Å². The molecule has 3 heterocycles. The van der Waals surface area contributed by atoms with Crippen LogP contribution in [0.5, 0.6) is 0 Å². The number of carbonyl (C=O) groups excluding carboxylic acids is 1. The molecular formula is C16H20ClN3O3S. The molecule has 1 amide bonds. The maximum Gasteiger partial charge on any atom is 0.412 e. The average Bonchev–Trinajstić information content (AvgIpc) is 2.87. The minimum absolute atomic E-state index is 0.436. The molecule has 0 saturated carbocycles. The van der Waals surface area contributed by atoms with Gasteiger partial charge < -0.3 is 14.4 Å². The molecule has 1 N–H and O–H groups in total. The van der Waals surface area contributed by atoms with Crippen molar-refractivity contribution in [3.8, 4) is 0 Å². The molecule has 1 saturated heterocycles. The zero-order valence-corrected chi connectivity index (χ0v) is 15.5. The Kier molecular flexibility index (Phi) is 4.85. The van der Waals surface area contributed by atoms with Gasteiger partial charge >= 0.3 is 6.09 Å². The fraction of sp³-hybridized carbons (Fsp3) is 0.500. The van der Waals surface area contributed by atoms with E-state index in [9.17, 15) is 4.79 Å². The second-order valence-electron chi connectivity index (χ2n) is 6.52. The minimum atomic E-state index is -0.540. The molecule has 0 radical (unpaired) electrons. The van der Waals surface area contributed by atoms with Crippen LogP contribution in [0.4, 0.5) is 15.5 Å². The van der Waals surface area contributed by atoms with Gasteiger partial charge in [-0.25, -0.2) is 9.78 Å². The Hall–Kier alpha value is -1.57. The Morgan fingerprint density at radius 3 is 2.75 bits per heavy atom. The van der Waals surface area contributed by atoms with Gasteiger partial charge in [-0.05, 0) is 26.8 Å². The van der Waals surface area contributed by atoms with Crippen LogP contribution < -0.4 is 10.2 Å². The first-order valence-corrected chi connectivity index (χ1v) is 8.94. The molecule has 0 aliphatic carbocycles. The molecule has 6 nitrogen and oxygen atoms in total. The number of hydrogen-bond donors (Lipinski definition) is 1. The lowest BCUT2D eigenvalue weighted by atomic mass is 10.2. The SMILES string of the molecule is CC(C)(C)OC(=O)Nc1cc2nc(Cl)cc(N3CCOCC3)c2s1. The van der Waals surface area contributed by atoms with Crippen molar-refractivity contribution in [1.82, 2.24) is 4.98 Å². The predicted molar refractivity (Wildman–Crippen MR) is 97.5 cm³/mol. The number of halogens is 1. The molecule has 2 aromatic heterocycles. The number of pyridine rings is 1. The van der Waals surface area contributed by atoms with Crippen molar-refractivity contribution < 1.29 is 14.3 Å². The summed E-state index contributed by atoms with van der Waals surface area (Å²) in [6, 6.07) is 3.68. The molecule has 0 aromatic carbocycles. The molecule has 8 heteroatoms. The monoisotopic (exact) mass is 369 g/mol. The minimum Gasteiger partial charge on any atom is -0.444 e. The van der Waals surface area contributed by atoms with Crippen LogP contribution in [0.2, 0.25) is 5.15 Å². The molecular weight excluding hydrogens is 350 g/mol. The van der Waals surface area contributed by atoms with Gasteiger partial charge in [0.15, 0.2) is 0 Å². The second kappa shape index (κ2) is 6.74. The molecule has 1 fully saturated rings. The summed E-state index contributed by atoms with van der Waals surface area (Å²) in [5.41, 5.74) is 1.25. The molecule has 0 atom stereocenters. The molecule has 1 aliphatic rings. The van der Waals surface area contributed by atoms with Gasteiger partial charge in [-0.2, -0.15) is 0 Å². The quantitative estimate of drug-likeness (QED) is 0.806. The highest BCUT2D eigenvalue weighted by Gasteiger charge is 2.20. The van der Waals surface area contributed by atoms with Crippen molar-refractivity contribution in [2.45, 2.75) is 26.4 Å². The normalized spacial score (nSPS) is 15.6. The van der Waals surface area contributed by atoms with Crippen LogP contribution in [0, 0.1) is 0 Å². The first-order valence-electron chi connectivity index (χ1n) is 7.74. The van der Waals surface area contributed by atoms with E-state index in [-0.39, 0.29) is 0 Å². The summed E-state index contributed by atoms with van der Waals surface area (Å²) in [6.07, 6.45) is -0.479.